The van der Waals surface area contributed by atoms with E-state index in [1.54, 1.807) is 13.4 Å². The van der Waals surface area contributed by atoms with Crippen molar-refractivity contribution in [1.29, 1.82) is 5.26 Å². The number of nitrogens with one attached hydrogen (secondary N) is 1. The first kappa shape index (κ1) is 15.6. The van der Waals surface area contributed by atoms with Crippen molar-refractivity contribution in [3.05, 3.63) is 89.5 Å². The fourth-order valence-electron chi connectivity index (χ4n) is 2.51. The van der Waals surface area contributed by atoms with Crippen LogP contribution in [0.3, 0.4) is 0 Å². The summed E-state index contributed by atoms with van der Waals surface area (Å²) in [6, 6.07) is 17.7. The summed E-state index contributed by atoms with van der Waals surface area (Å²) in [5, 5.41) is 8.98. The third-order valence-electron chi connectivity index (χ3n) is 3.81. The van der Waals surface area contributed by atoms with Gasteiger partial charge in [0.1, 0.15) is 5.75 Å². The maximum atomic E-state index is 8.98. The number of hydrogen-bond acceptors (Lipinski definition) is 3. The maximum Gasteiger partial charge on any atom is 0.118 e. The first-order valence-corrected chi connectivity index (χ1v) is 7.62. The molecule has 0 fully saturated rings. The van der Waals surface area contributed by atoms with Crippen molar-refractivity contribution in [2.45, 2.75) is 6.42 Å². The molecule has 3 aromatic rings. The van der Waals surface area contributed by atoms with Crippen LogP contribution < -0.4 is 4.74 Å². The van der Waals surface area contributed by atoms with Crippen LogP contribution in [0.5, 0.6) is 5.75 Å². The van der Waals surface area contributed by atoms with Crippen molar-refractivity contribution in [3.8, 4) is 11.8 Å². The van der Waals surface area contributed by atoms with Crippen molar-refractivity contribution < 1.29 is 4.74 Å². The van der Waals surface area contributed by atoms with Gasteiger partial charge in [-0.15, -0.1) is 0 Å². The average molecular weight is 315 g/mol. The molecule has 3 rings (SSSR count). The molecular formula is C20H17N3O. The molecule has 0 radical (unpaired) electrons. The van der Waals surface area contributed by atoms with E-state index in [0.29, 0.717) is 5.56 Å². The van der Waals surface area contributed by atoms with Crippen molar-refractivity contribution in [3.63, 3.8) is 0 Å². The number of nitriles is 1. The maximum absolute atomic E-state index is 8.98. The summed E-state index contributed by atoms with van der Waals surface area (Å²) in [6.45, 7) is 0. The Labute approximate surface area is 141 Å². The Morgan fingerprint density at radius 1 is 1.12 bits per heavy atom. The number of nitrogens with zero attached hydrogens (tertiary/aromatic N) is 2. The van der Waals surface area contributed by atoms with E-state index in [4.69, 9.17) is 10.00 Å². The number of rotatable bonds is 5. The number of methoxy groups -OCH3 is 1. The molecule has 0 atom stereocenters. The Bertz CT molecular complexity index is 855. The first-order chi connectivity index (χ1) is 11.8. The molecule has 1 heterocycles. The summed E-state index contributed by atoms with van der Waals surface area (Å²) in [6.07, 6.45) is 6.41. The summed E-state index contributed by atoms with van der Waals surface area (Å²) in [5.41, 5.74) is 4.98. The zero-order chi connectivity index (χ0) is 16.8. The van der Waals surface area contributed by atoms with Gasteiger partial charge in [0.25, 0.3) is 0 Å². The van der Waals surface area contributed by atoms with Gasteiger partial charge in [0.2, 0.25) is 0 Å². The molecule has 0 saturated carbocycles. The van der Waals surface area contributed by atoms with Gasteiger partial charge < -0.3 is 9.72 Å². The lowest BCUT2D eigenvalue weighted by Crippen LogP contribution is -1.92. The molecule has 4 heteroatoms. The number of aromatic amines is 1. The number of H-pyrrole nitrogens is 1. The second-order valence-electron chi connectivity index (χ2n) is 5.32. The minimum absolute atomic E-state index is 0.654. The first-order valence-electron chi connectivity index (χ1n) is 7.62. The van der Waals surface area contributed by atoms with Crippen molar-refractivity contribution in [2.75, 3.05) is 7.11 Å². The summed E-state index contributed by atoms with van der Waals surface area (Å²) in [4.78, 5) is 7.17. The monoisotopic (exact) mass is 315 g/mol. The van der Waals surface area contributed by atoms with Gasteiger partial charge in [0.15, 0.2) is 0 Å². The van der Waals surface area contributed by atoms with Crippen LogP contribution in [0.25, 0.3) is 5.57 Å². The molecule has 0 amide bonds. The molecule has 0 bridgehead atoms. The van der Waals surface area contributed by atoms with Gasteiger partial charge in [-0.3, -0.25) is 0 Å². The van der Waals surface area contributed by atoms with Crippen molar-refractivity contribution in [2.24, 2.45) is 0 Å². The zero-order valence-electron chi connectivity index (χ0n) is 13.4. The van der Waals surface area contributed by atoms with E-state index in [1.165, 1.54) is 0 Å². The second-order valence-corrected chi connectivity index (χ2v) is 5.32. The number of imidazole rings is 1. The molecule has 1 N–H and O–H groups in total. The van der Waals surface area contributed by atoms with Crippen LogP contribution in [0, 0.1) is 11.3 Å². The van der Waals surface area contributed by atoms with Gasteiger partial charge in [-0.2, -0.15) is 5.26 Å². The normalized spacial score (nSPS) is 11.1. The predicted molar refractivity (Wildman–Crippen MR) is 93.5 cm³/mol. The third-order valence-corrected chi connectivity index (χ3v) is 3.81. The molecule has 0 unspecified atom stereocenters. The molecule has 4 nitrogen and oxygen atoms in total. The number of ether oxygens (including phenoxy) is 1. The summed E-state index contributed by atoms with van der Waals surface area (Å²) < 4.78 is 5.24. The summed E-state index contributed by atoms with van der Waals surface area (Å²) >= 11 is 0. The summed E-state index contributed by atoms with van der Waals surface area (Å²) in [5.74, 6) is 0.825. The van der Waals surface area contributed by atoms with Crippen molar-refractivity contribution >= 4 is 5.57 Å². The quantitative estimate of drug-likeness (QED) is 0.775. The molecule has 2 aromatic carbocycles. The number of allylic oxidation sites excluding steroid dienone is 1. The largest absolute Gasteiger partial charge is 0.497 e. The number of hydrogen-bond donors (Lipinski definition) is 1. The van der Waals surface area contributed by atoms with Crippen LogP contribution >= 0.6 is 0 Å². The average Bonchev–Trinajstić information content (AvgIpc) is 3.16. The lowest BCUT2D eigenvalue weighted by atomic mass is 9.95. The van der Waals surface area contributed by atoms with Crippen LogP contribution in [0.1, 0.15) is 22.4 Å². The highest BCUT2D eigenvalue weighted by Gasteiger charge is 2.06. The van der Waals surface area contributed by atoms with E-state index >= 15 is 0 Å². The lowest BCUT2D eigenvalue weighted by molar-refractivity contribution is 0.415. The SMILES string of the molecule is COc1ccc(/C(=C\Cc2cnc[nH]2)c2ccc(C#N)cc2)cc1. The molecular weight excluding hydrogens is 298 g/mol. The van der Waals surface area contributed by atoms with E-state index in [2.05, 4.69) is 22.1 Å². The van der Waals surface area contributed by atoms with Gasteiger partial charge in [-0.05, 0) is 41.0 Å². The Morgan fingerprint density at radius 2 is 1.79 bits per heavy atom. The Kier molecular flexibility index (Phi) is 4.73. The lowest BCUT2D eigenvalue weighted by Gasteiger charge is -2.10. The Hall–Kier alpha value is -3.32. The minimum atomic E-state index is 0.654. The highest BCUT2D eigenvalue weighted by atomic mass is 16.5. The van der Waals surface area contributed by atoms with E-state index in [9.17, 15) is 0 Å². The van der Waals surface area contributed by atoms with Gasteiger partial charge >= 0.3 is 0 Å². The van der Waals surface area contributed by atoms with Gasteiger partial charge in [0, 0.05) is 18.3 Å². The van der Waals surface area contributed by atoms with Crippen LogP contribution in [-0.2, 0) is 6.42 Å². The minimum Gasteiger partial charge on any atom is -0.497 e. The smallest absolute Gasteiger partial charge is 0.118 e. The van der Waals surface area contributed by atoms with Crippen LogP contribution in [0.4, 0.5) is 0 Å². The highest BCUT2D eigenvalue weighted by molar-refractivity contribution is 5.80. The molecule has 0 aliphatic rings. The van der Waals surface area contributed by atoms with Gasteiger partial charge in [-0.1, -0.05) is 30.3 Å². The predicted octanol–water partition coefficient (Wildman–Crippen LogP) is 3.96. The third kappa shape index (κ3) is 3.53. The van der Waals surface area contributed by atoms with Gasteiger partial charge in [-0.25, -0.2) is 4.98 Å². The van der Waals surface area contributed by atoms with E-state index in [0.717, 1.165) is 34.6 Å². The van der Waals surface area contributed by atoms with Crippen molar-refractivity contribution in [1.82, 2.24) is 9.97 Å². The standard InChI is InChI=1S/C20H17N3O/c1-24-19-9-6-17(7-10-19)20(11-8-18-13-22-14-23-18)16-4-2-15(12-21)3-5-16/h2-7,9-11,13-14H,8H2,1H3,(H,22,23)/b20-11-. The second kappa shape index (κ2) is 7.30. The summed E-state index contributed by atoms with van der Waals surface area (Å²) in [7, 11) is 1.66. The fourth-order valence-corrected chi connectivity index (χ4v) is 2.51. The molecule has 0 aliphatic heterocycles. The number of aromatic nitrogens is 2. The Morgan fingerprint density at radius 3 is 2.33 bits per heavy atom. The van der Waals surface area contributed by atoms with Crippen LogP contribution in [-0.4, -0.2) is 17.1 Å². The van der Waals surface area contributed by atoms with Crippen LogP contribution in [0.2, 0.25) is 0 Å². The van der Waals surface area contributed by atoms with E-state index in [-0.39, 0.29) is 0 Å². The topological polar surface area (TPSA) is 61.7 Å². The highest BCUT2D eigenvalue weighted by Crippen LogP contribution is 2.26. The van der Waals surface area contributed by atoms with Crippen LogP contribution in [0.15, 0.2) is 67.1 Å². The Balaban J connectivity index is 1.98. The molecule has 24 heavy (non-hydrogen) atoms. The molecule has 0 saturated heterocycles. The zero-order valence-corrected chi connectivity index (χ0v) is 13.4. The van der Waals surface area contributed by atoms with E-state index < -0.39 is 0 Å². The molecule has 118 valence electrons. The number of benzene rings is 2. The molecule has 0 spiro atoms. The molecule has 1 aromatic heterocycles. The molecule has 0 aliphatic carbocycles. The van der Waals surface area contributed by atoms with E-state index in [1.807, 2.05) is 54.7 Å². The van der Waals surface area contributed by atoms with Gasteiger partial charge in [0.05, 0.1) is 25.1 Å². The fraction of sp³-hybridized carbons (Fsp3) is 0.100.